The minimum atomic E-state index is -4.93. The van der Waals surface area contributed by atoms with Crippen LogP contribution in [0, 0.1) is 3.57 Å². The molecule has 0 aliphatic carbocycles. The molecule has 0 bridgehead atoms. The van der Waals surface area contributed by atoms with E-state index in [-0.39, 0.29) is 22.2 Å². The van der Waals surface area contributed by atoms with Gasteiger partial charge in [0.15, 0.2) is 0 Å². The van der Waals surface area contributed by atoms with Crippen molar-refractivity contribution in [2.24, 2.45) is 0 Å². The first kappa shape index (κ1) is 15.8. The zero-order valence-electron chi connectivity index (χ0n) is 9.64. The first-order valence-electron chi connectivity index (χ1n) is 5.06. The number of esters is 1. The van der Waals surface area contributed by atoms with Gasteiger partial charge in [0.1, 0.15) is 0 Å². The molecule has 1 aromatic heterocycles. The third kappa shape index (κ3) is 5.09. The van der Waals surface area contributed by atoms with E-state index in [2.05, 4.69) is 9.47 Å². The van der Waals surface area contributed by atoms with Gasteiger partial charge in [0.25, 0.3) is 5.56 Å². The maximum atomic E-state index is 12.1. The minimum absolute atomic E-state index is 0.00239. The lowest BCUT2D eigenvalue weighted by Crippen LogP contribution is -2.22. The Morgan fingerprint density at radius 2 is 2.11 bits per heavy atom. The van der Waals surface area contributed by atoms with Crippen LogP contribution in [0.5, 0.6) is 5.88 Å². The lowest BCUT2D eigenvalue weighted by molar-refractivity contribution is -0.276. The second kappa shape index (κ2) is 6.26. The Bertz CT molecular complexity index is 526. The van der Waals surface area contributed by atoms with E-state index in [1.807, 2.05) is 4.98 Å². The number of carbonyl (C=O) groups excluding carboxylic acids is 1. The smallest absolute Gasteiger partial charge is 0.466 e. The van der Waals surface area contributed by atoms with E-state index in [0.717, 1.165) is 6.07 Å². The van der Waals surface area contributed by atoms with Gasteiger partial charge in [0, 0.05) is 6.07 Å². The first-order valence-corrected chi connectivity index (χ1v) is 6.14. The zero-order chi connectivity index (χ0) is 14.6. The number of halogens is 4. The fourth-order valence-electron chi connectivity index (χ4n) is 1.25. The van der Waals surface area contributed by atoms with Crippen molar-refractivity contribution in [3.8, 4) is 5.88 Å². The number of hydrogen-bond donors (Lipinski definition) is 1. The summed E-state index contributed by atoms with van der Waals surface area (Å²) in [6, 6.07) is 1.03. The van der Waals surface area contributed by atoms with Crippen molar-refractivity contribution in [3.63, 3.8) is 0 Å². The molecule has 0 saturated heterocycles. The molecule has 19 heavy (non-hydrogen) atoms. The van der Waals surface area contributed by atoms with Crippen LogP contribution in [-0.4, -0.2) is 23.9 Å². The summed E-state index contributed by atoms with van der Waals surface area (Å²) < 4.78 is 44.7. The summed E-state index contributed by atoms with van der Waals surface area (Å²) >= 11 is 1.56. The molecule has 9 heteroatoms. The summed E-state index contributed by atoms with van der Waals surface area (Å²) in [6.45, 7) is 1.74. The van der Waals surface area contributed by atoms with E-state index in [1.165, 1.54) is 0 Å². The fourth-order valence-corrected chi connectivity index (χ4v) is 1.84. The van der Waals surface area contributed by atoms with Gasteiger partial charge >= 0.3 is 12.3 Å². The number of hydrogen-bond acceptors (Lipinski definition) is 4. The van der Waals surface area contributed by atoms with Crippen LogP contribution >= 0.6 is 22.6 Å². The van der Waals surface area contributed by atoms with Gasteiger partial charge in [-0.15, -0.1) is 13.2 Å². The average molecular weight is 391 g/mol. The van der Waals surface area contributed by atoms with Crippen molar-refractivity contribution >= 4 is 28.6 Å². The standard InChI is InChI=1S/C10H9F3INO4/c1-2-18-7(17)4-5-3-6(16)15-9(8(5)14)19-10(11,12)13/h3H,2,4H2,1H3,(H,15,16). The highest BCUT2D eigenvalue weighted by Crippen LogP contribution is 2.26. The number of H-pyrrole nitrogens is 1. The molecule has 0 aliphatic heterocycles. The van der Waals surface area contributed by atoms with E-state index >= 15 is 0 Å². The third-order valence-electron chi connectivity index (χ3n) is 1.88. The van der Waals surface area contributed by atoms with Crippen molar-refractivity contribution in [2.45, 2.75) is 19.7 Å². The highest BCUT2D eigenvalue weighted by Gasteiger charge is 2.33. The Morgan fingerprint density at radius 1 is 1.47 bits per heavy atom. The molecule has 0 amide bonds. The molecule has 1 rings (SSSR count). The molecular formula is C10H9F3INO4. The highest BCUT2D eigenvalue weighted by molar-refractivity contribution is 14.1. The second-order valence-electron chi connectivity index (χ2n) is 3.33. The Morgan fingerprint density at radius 3 is 2.63 bits per heavy atom. The number of ether oxygens (including phenoxy) is 2. The minimum Gasteiger partial charge on any atom is -0.466 e. The summed E-state index contributed by atoms with van der Waals surface area (Å²) in [5.41, 5.74) is -0.680. The van der Waals surface area contributed by atoms with E-state index in [9.17, 15) is 22.8 Å². The molecule has 0 aromatic carbocycles. The van der Waals surface area contributed by atoms with E-state index in [4.69, 9.17) is 0 Å². The highest BCUT2D eigenvalue weighted by atomic mass is 127. The van der Waals surface area contributed by atoms with Gasteiger partial charge in [0.05, 0.1) is 16.6 Å². The molecule has 0 atom stereocenters. The Hall–Kier alpha value is -1.26. The van der Waals surface area contributed by atoms with Gasteiger partial charge < -0.3 is 9.47 Å². The SMILES string of the molecule is CCOC(=O)Cc1cc(=O)[nH]c(OC(F)(F)F)c1I. The largest absolute Gasteiger partial charge is 0.574 e. The predicted molar refractivity (Wildman–Crippen MR) is 66.8 cm³/mol. The molecular weight excluding hydrogens is 382 g/mol. The predicted octanol–water partition coefficient (Wildman–Crippen LogP) is 1.98. The number of nitrogens with one attached hydrogen (secondary N) is 1. The number of pyridine rings is 1. The number of carbonyl (C=O) groups is 1. The zero-order valence-corrected chi connectivity index (χ0v) is 11.8. The second-order valence-corrected chi connectivity index (χ2v) is 4.41. The molecule has 0 spiro atoms. The monoisotopic (exact) mass is 391 g/mol. The Balaban J connectivity index is 3.06. The van der Waals surface area contributed by atoms with Crippen molar-refractivity contribution < 1.29 is 27.4 Å². The van der Waals surface area contributed by atoms with Gasteiger partial charge in [-0.2, -0.15) is 0 Å². The maximum absolute atomic E-state index is 12.1. The molecule has 1 N–H and O–H groups in total. The van der Waals surface area contributed by atoms with Crippen molar-refractivity contribution in [1.29, 1.82) is 0 Å². The Labute approximate surface area is 119 Å². The van der Waals surface area contributed by atoms with Gasteiger partial charge in [-0.1, -0.05) is 0 Å². The maximum Gasteiger partial charge on any atom is 0.574 e. The Kier molecular flexibility index (Phi) is 5.20. The van der Waals surface area contributed by atoms with Crippen LogP contribution in [0.2, 0.25) is 0 Å². The molecule has 0 fully saturated rings. The van der Waals surface area contributed by atoms with E-state index in [1.54, 1.807) is 29.5 Å². The molecule has 1 heterocycles. The van der Waals surface area contributed by atoms with Crippen LogP contribution in [-0.2, 0) is 16.0 Å². The topological polar surface area (TPSA) is 68.4 Å². The summed E-state index contributed by atoms with van der Waals surface area (Å²) in [4.78, 5) is 24.4. The molecule has 0 aliphatic rings. The summed E-state index contributed by atoms with van der Waals surface area (Å²) in [5, 5.41) is 0. The lowest BCUT2D eigenvalue weighted by atomic mass is 10.2. The van der Waals surface area contributed by atoms with Crippen LogP contribution in [0.4, 0.5) is 13.2 Å². The van der Waals surface area contributed by atoms with Crippen LogP contribution < -0.4 is 10.3 Å². The van der Waals surface area contributed by atoms with Gasteiger partial charge in [-0.3, -0.25) is 14.6 Å². The van der Waals surface area contributed by atoms with E-state index < -0.39 is 23.8 Å². The van der Waals surface area contributed by atoms with E-state index in [0.29, 0.717) is 0 Å². The quantitative estimate of drug-likeness (QED) is 0.630. The molecule has 0 radical (unpaired) electrons. The molecule has 0 saturated carbocycles. The average Bonchev–Trinajstić information content (AvgIpc) is 2.23. The molecule has 0 unspecified atom stereocenters. The van der Waals surface area contributed by atoms with Crippen molar-refractivity contribution in [2.75, 3.05) is 6.61 Å². The summed E-state index contributed by atoms with van der Waals surface area (Å²) in [6.07, 6.45) is -5.23. The molecule has 1 aromatic rings. The number of aromatic nitrogens is 1. The number of alkyl halides is 3. The first-order chi connectivity index (χ1) is 8.73. The van der Waals surface area contributed by atoms with Crippen molar-refractivity contribution in [3.05, 3.63) is 25.6 Å². The number of rotatable bonds is 4. The van der Waals surface area contributed by atoms with Crippen LogP contribution in [0.15, 0.2) is 10.9 Å². The molecule has 5 nitrogen and oxygen atoms in total. The van der Waals surface area contributed by atoms with Crippen LogP contribution in [0.25, 0.3) is 0 Å². The lowest BCUT2D eigenvalue weighted by Gasteiger charge is -2.12. The number of aromatic amines is 1. The van der Waals surface area contributed by atoms with Gasteiger partial charge in [-0.05, 0) is 35.1 Å². The summed E-state index contributed by atoms with van der Waals surface area (Å²) in [5.74, 6) is -1.37. The normalized spacial score (nSPS) is 11.2. The van der Waals surface area contributed by atoms with Gasteiger partial charge in [-0.25, -0.2) is 0 Å². The fraction of sp³-hybridized carbons (Fsp3) is 0.400. The van der Waals surface area contributed by atoms with Crippen molar-refractivity contribution in [1.82, 2.24) is 4.98 Å². The van der Waals surface area contributed by atoms with Crippen LogP contribution in [0.1, 0.15) is 12.5 Å². The van der Waals surface area contributed by atoms with Gasteiger partial charge in [0.2, 0.25) is 5.88 Å². The third-order valence-corrected chi connectivity index (χ3v) is 3.06. The molecule has 106 valence electrons. The summed E-state index contributed by atoms with van der Waals surface area (Å²) in [7, 11) is 0. The van der Waals surface area contributed by atoms with Crippen LogP contribution in [0.3, 0.4) is 0 Å².